The number of hydrogen-bond donors (Lipinski definition) is 2. The average Bonchev–Trinajstić information content (AvgIpc) is 2.60. The molecule has 1 heterocycles. The van der Waals surface area contributed by atoms with Crippen LogP contribution in [0.2, 0.25) is 0 Å². The van der Waals surface area contributed by atoms with Crippen molar-refractivity contribution in [2.45, 2.75) is 45.3 Å². The molecule has 5 heteroatoms. The van der Waals surface area contributed by atoms with E-state index in [1.807, 2.05) is 10.9 Å². The summed E-state index contributed by atoms with van der Waals surface area (Å²) in [5.41, 5.74) is 0. The highest BCUT2D eigenvalue weighted by Crippen LogP contribution is 2.07. The maximum Gasteiger partial charge on any atom is 0.0632 e. The van der Waals surface area contributed by atoms with Crippen molar-refractivity contribution in [3.05, 3.63) is 16.9 Å². The van der Waals surface area contributed by atoms with E-state index in [0.29, 0.717) is 12.1 Å². The standard InChI is InChI=1S/C11H20BrN3O/c1-9(4-3-5-16)14-10(2)7-15-8-11(12)6-13-15/h6,8-10,14,16H,3-5,7H2,1-2H3. The minimum absolute atomic E-state index is 0.270. The van der Waals surface area contributed by atoms with Crippen LogP contribution in [0.3, 0.4) is 0 Å². The summed E-state index contributed by atoms with van der Waals surface area (Å²) in [6, 6.07) is 0.807. The summed E-state index contributed by atoms with van der Waals surface area (Å²) in [5, 5.41) is 16.4. The van der Waals surface area contributed by atoms with E-state index in [4.69, 9.17) is 5.11 Å². The van der Waals surface area contributed by atoms with Gasteiger partial charge in [0.2, 0.25) is 0 Å². The number of aliphatic hydroxyl groups is 1. The van der Waals surface area contributed by atoms with Crippen molar-refractivity contribution in [2.75, 3.05) is 6.61 Å². The van der Waals surface area contributed by atoms with E-state index in [-0.39, 0.29) is 6.61 Å². The summed E-state index contributed by atoms with van der Waals surface area (Å²) in [5.74, 6) is 0. The quantitative estimate of drug-likeness (QED) is 0.805. The SMILES string of the molecule is CC(CCCO)NC(C)Cn1cc(Br)cn1. The van der Waals surface area contributed by atoms with Gasteiger partial charge in [0.1, 0.15) is 0 Å². The van der Waals surface area contributed by atoms with E-state index in [1.165, 1.54) is 0 Å². The number of rotatable bonds is 7. The molecular formula is C11H20BrN3O. The Morgan fingerprint density at radius 1 is 1.50 bits per heavy atom. The zero-order chi connectivity index (χ0) is 12.0. The Morgan fingerprint density at radius 2 is 2.25 bits per heavy atom. The van der Waals surface area contributed by atoms with Crippen molar-refractivity contribution >= 4 is 15.9 Å². The summed E-state index contributed by atoms with van der Waals surface area (Å²) in [6.07, 6.45) is 5.62. The van der Waals surface area contributed by atoms with Gasteiger partial charge in [0.05, 0.1) is 17.2 Å². The van der Waals surface area contributed by atoms with Crippen molar-refractivity contribution in [3.63, 3.8) is 0 Å². The molecule has 0 aromatic carbocycles. The second-order valence-corrected chi connectivity index (χ2v) is 5.13. The molecule has 92 valence electrons. The minimum Gasteiger partial charge on any atom is -0.396 e. The third-order valence-electron chi connectivity index (χ3n) is 2.43. The van der Waals surface area contributed by atoms with Crippen LogP contribution in [-0.2, 0) is 6.54 Å². The van der Waals surface area contributed by atoms with Gasteiger partial charge in [0.15, 0.2) is 0 Å². The van der Waals surface area contributed by atoms with Gasteiger partial charge in [0.25, 0.3) is 0 Å². The van der Waals surface area contributed by atoms with Gasteiger partial charge < -0.3 is 10.4 Å². The molecule has 0 saturated carbocycles. The molecular weight excluding hydrogens is 270 g/mol. The van der Waals surface area contributed by atoms with Gasteiger partial charge in [-0.15, -0.1) is 0 Å². The molecule has 0 bridgehead atoms. The Labute approximate surface area is 105 Å². The third-order valence-corrected chi connectivity index (χ3v) is 2.84. The van der Waals surface area contributed by atoms with Crippen LogP contribution >= 0.6 is 15.9 Å². The molecule has 4 nitrogen and oxygen atoms in total. The molecule has 0 amide bonds. The van der Waals surface area contributed by atoms with Crippen LogP contribution in [0.5, 0.6) is 0 Å². The molecule has 16 heavy (non-hydrogen) atoms. The number of hydrogen-bond acceptors (Lipinski definition) is 3. The maximum atomic E-state index is 8.74. The molecule has 1 aromatic rings. The molecule has 2 unspecified atom stereocenters. The summed E-state index contributed by atoms with van der Waals surface area (Å²) in [4.78, 5) is 0. The van der Waals surface area contributed by atoms with Gasteiger partial charge in [0, 0.05) is 24.9 Å². The van der Waals surface area contributed by atoms with Crippen molar-refractivity contribution in [1.82, 2.24) is 15.1 Å². The van der Waals surface area contributed by atoms with Crippen molar-refractivity contribution in [3.8, 4) is 0 Å². The fourth-order valence-electron chi connectivity index (χ4n) is 1.74. The van der Waals surface area contributed by atoms with E-state index >= 15 is 0 Å². The Kier molecular flexibility index (Phi) is 6.01. The van der Waals surface area contributed by atoms with E-state index in [0.717, 1.165) is 23.9 Å². The van der Waals surface area contributed by atoms with Crippen LogP contribution < -0.4 is 5.32 Å². The molecule has 0 spiro atoms. The Balaban J connectivity index is 2.27. The van der Waals surface area contributed by atoms with Gasteiger partial charge in [-0.05, 0) is 42.6 Å². The largest absolute Gasteiger partial charge is 0.396 e. The first-order valence-electron chi connectivity index (χ1n) is 5.66. The average molecular weight is 290 g/mol. The van der Waals surface area contributed by atoms with Gasteiger partial charge >= 0.3 is 0 Å². The second-order valence-electron chi connectivity index (χ2n) is 4.22. The van der Waals surface area contributed by atoms with Gasteiger partial charge in [-0.25, -0.2) is 0 Å². The maximum absolute atomic E-state index is 8.74. The Bertz CT molecular complexity index is 303. The number of aliphatic hydroxyl groups excluding tert-OH is 1. The van der Waals surface area contributed by atoms with E-state index in [2.05, 4.69) is 40.2 Å². The van der Waals surface area contributed by atoms with Crippen LogP contribution in [0.15, 0.2) is 16.9 Å². The van der Waals surface area contributed by atoms with Crippen LogP contribution in [-0.4, -0.2) is 33.6 Å². The zero-order valence-corrected chi connectivity index (χ0v) is 11.4. The van der Waals surface area contributed by atoms with Crippen molar-refractivity contribution in [1.29, 1.82) is 0 Å². The van der Waals surface area contributed by atoms with Gasteiger partial charge in [-0.2, -0.15) is 5.10 Å². The van der Waals surface area contributed by atoms with Crippen LogP contribution in [0.25, 0.3) is 0 Å². The predicted molar refractivity (Wildman–Crippen MR) is 68.3 cm³/mol. The first-order chi connectivity index (χ1) is 7.61. The topological polar surface area (TPSA) is 50.1 Å². The van der Waals surface area contributed by atoms with E-state index in [1.54, 1.807) is 6.20 Å². The summed E-state index contributed by atoms with van der Waals surface area (Å²) < 4.78 is 2.92. The highest BCUT2D eigenvalue weighted by Gasteiger charge is 2.08. The van der Waals surface area contributed by atoms with E-state index < -0.39 is 0 Å². The lowest BCUT2D eigenvalue weighted by atomic mass is 10.1. The molecule has 0 aliphatic carbocycles. The number of nitrogens with zero attached hydrogens (tertiary/aromatic N) is 2. The van der Waals surface area contributed by atoms with Gasteiger partial charge in [-0.1, -0.05) is 0 Å². The smallest absolute Gasteiger partial charge is 0.0632 e. The Hall–Kier alpha value is -0.390. The number of halogens is 1. The molecule has 1 rings (SSSR count). The van der Waals surface area contributed by atoms with Crippen LogP contribution in [0.1, 0.15) is 26.7 Å². The minimum atomic E-state index is 0.270. The third kappa shape index (κ3) is 5.09. The fourth-order valence-corrected chi connectivity index (χ4v) is 2.07. The molecule has 0 aliphatic rings. The predicted octanol–water partition coefficient (Wildman–Crippen LogP) is 1.78. The van der Waals surface area contributed by atoms with E-state index in [9.17, 15) is 0 Å². The van der Waals surface area contributed by atoms with Crippen LogP contribution in [0, 0.1) is 0 Å². The zero-order valence-electron chi connectivity index (χ0n) is 9.86. The summed E-state index contributed by atoms with van der Waals surface area (Å²) in [6.45, 7) is 5.41. The first-order valence-corrected chi connectivity index (χ1v) is 6.46. The summed E-state index contributed by atoms with van der Waals surface area (Å²) >= 11 is 3.38. The molecule has 0 radical (unpaired) electrons. The fraction of sp³-hybridized carbons (Fsp3) is 0.727. The summed E-state index contributed by atoms with van der Waals surface area (Å²) in [7, 11) is 0. The molecule has 1 aromatic heterocycles. The number of nitrogens with one attached hydrogen (secondary N) is 1. The monoisotopic (exact) mass is 289 g/mol. The van der Waals surface area contributed by atoms with Crippen molar-refractivity contribution < 1.29 is 5.11 Å². The van der Waals surface area contributed by atoms with Gasteiger partial charge in [-0.3, -0.25) is 4.68 Å². The second kappa shape index (κ2) is 7.04. The molecule has 0 fully saturated rings. The lowest BCUT2D eigenvalue weighted by molar-refractivity contribution is 0.272. The molecule has 0 aliphatic heterocycles. The Morgan fingerprint density at radius 3 is 2.81 bits per heavy atom. The molecule has 2 N–H and O–H groups in total. The lowest BCUT2D eigenvalue weighted by Gasteiger charge is -2.19. The first kappa shape index (κ1) is 13.7. The normalized spacial score (nSPS) is 15.0. The molecule has 0 saturated heterocycles. The van der Waals surface area contributed by atoms with Crippen LogP contribution in [0.4, 0.5) is 0 Å². The number of aromatic nitrogens is 2. The highest BCUT2D eigenvalue weighted by molar-refractivity contribution is 9.10. The highest BCUT2D eigenvalue weighted by atomic mass is 79.9. The lowest BCUT2D eigenvalue weighted by Crippen LogP contribution is -2.37. The molecule has 2 atom stereocenters. The van der Waals surface area contributed by atoms with Crippen molar-refractivity contribution in [2.24, 2.45) is 0 Å².